The van der Waals surface area contributed by atoms with Crippen molar-refractivity contribution in [2.75, 3.05) is 0 Å². The lowest BCUT2D eigenvalue weighted by molar-refractivity contribution is 0.458. The average Bonchev–Trinajstić information content (AvgIpc) is 2.55. The van der Waals surface area contributed by atoms with Crippen LogP contribution in [0.25, 0.3) is 10.6 Å². The molecule has 0 spiro atoms. The molecule has 2 rings (SSSR count). The molecule has 0 amide bonds. The lowest BCUT2D eigenvalue weighted by Gasteiger charge is -1.84. The van der Waals surface area contributed by atoms with Crippen LogP contribution in [0.5, 0.6) is 5.88 Å². The highest BCUT2D eigenvalue weighted by molar-refractivity contribution is 7.14. The number of rotatable bonds is 1. The minimum Gasteiger partial charge on any atom is -0.493 e. The summed E-state index contributed by atoms with van der Waals surface area (Å²) in [5, 5.41) is 15.5. The molecule has 0 radical (unpaired) electrons. The first-order valence-corrected chi connectivity index (χ1v) is 4.85. The van der Waals surface area contributed by atoms with Crippen molar-refractivity contribution >= 4 is 22.7 Å². The Labute approximate surface area is 71.8 Å². The Morgan fingerprint density at radius 3 is 2.82 bits per heavy atom. The van der Waals surface area contributed by atoms with E-state index in [0.29, 0.717) is 0 Å². The first kappa shape index (κ1) is 6.82. The average molecular weight is 183 g/mol. The predicted molar refractivity (Wildman–Crippen MR) is 47.1 cm³/mol. The van der Waals surface area contributed by atoms with Gasteiger partial charge in [-0.05, 0) is 11.4 Å². The van der Waals surface area contributed by atoms with Gasteiger partial charge in [0.15, 0.2) is 0 Å². The molecule has 1 N–H and O–H groups in total. The maximum absolute atomic E-state index is 8.95. The smallest absolute Gasteiger partial charge is 0.222 e. The zero-order valence-corrected chi connectivity index (χ0v) is 7.15. The summed E-state index contributed by atoms with van der Waals surface area (Å²) in [7, 11) is 0. The maximum atomic E-state index is 8.95. The van der Waals surface area contributed by atoms with Crippen LogP contribution in [-0.4, -0.2) is 10.1 Å². The van der Waals surface area contributed by atoms with Gasteiger partial charge in [0.1, 0.15) is 5.01 Å². The first-order chi connectivity index (χ1) is 5.36. The van der Waals surface area contributed by atoms with Crippen LogP contribution in [0.1, 0.15) is 0 Å². The fourth-order valence-corrected chi connectivity index (χ4v) is 2.18. The standard InChI is InChI=1S/C7H5NOS2/c9-6-4-11-7(8-6)5-1-2-10-3-5/h1-4,9H. The summed E-state index contributed by atoms with van der Waals surface area (Å²) in [4.78, 5) is 3.93. The predicted octanol–water partition coefficient (Wildman–Crippen LogP) is 2.58. The summed E-state index contributed by atoms with van der Waals surface area (Å²) in [6.07, 6.45) is 0. The van der Waals surface area contributed by atoms with Crippen LogP contribution in [-0.2, 0) is 0 Å². The van der Waals surface area contributed by atoms with E-state index in [1.165, 1.54) is 11.3 Å². The van der Waals surface area contributed by atoms with E-state index in [-0.39, 0.29) is 5.88 Å². The Kier molecular flexibility index (Phi) is 1.63. The number of aromatic nitrogens is 1. The molecule has 0 saturated heterocycles. The first-order valence-electron chi connectivity index (χ1n) is 3.03. The van der Waals surface area contributed by atoms with E-state index in [0.717, 1.165) is 10.6 Å². The number of hydrogen-bond acceptors (Lipinski definition) is 4. The SMILES string of the molecule is Oc1csc(-c2ccsc2)n1. The summed E-state index contributed by atoms with van der Waals surface area (Å²) in [5.41, 5.74) is 1.08. The van der Waals surface area contributed by atoms with Gasteiger partial charge in [-0.25, -0.2) is 4.98 Å². The zero-order chi connectivity index (χ0) is 7.68. The van der Waals surface area contributed by atoms with Gasteiger partial charge in [-0.2, -0.15) is 11.3 Å². The monoisotopic (exact) mass is 183 g/mol. The Morgan fingerprint density at radius 1 is 1.36 bits per heavy atom. The fraction of sp³-hybridized carbons (Fsp3) is 0. The summed E-state index contributed by atoms with van der Waals surface area (Å²) in [6, 6.07) is 1.99. The van der Waals surface area contributed by atoms with Crippen molar-refractivity contribution in [2.24, 2.45) is 0 Å². The van der Waals surface area contributed by atoms with Gasteiger partial charge in [0.25, 0.3) is 0 Å². The minimum atomic E-state index is 0.108. The number of thiophene rings is 1. The number of hydrogen-bond donors (Lipinski definition) is 1. The third kappa shape index (κ3) is 1.27. The second-order valence-corrected chi connectivity index (χ2v) is 3.66. The van der Waals surface area contributed by atoms with Crippen molar-refractivity contribution in [1.82, 2.24) is 4.98 Å². The Morgan fingerprint density at radius 2 is 2.27 bits per heavy atom. The molecular formula is C7H5NOS2. The Bertz CT molecular complexity index is 339. The highest BCUT2D eigenvalue weighted by Crippen LogP contribution is 2.27. The van der Waals surface area contributed by atoms with E-state index in [2.05, 4.69) is 4.98 Å². The molecule has 0 aliphatic rings. The lowest BCUT2D eigenvalue weighted by atomic mass is 10.4. The van der Waals surface area contributed by atoms with Crippen molar-refractivity contribution in [3.8, 4) is 16.5 Å². The van der Waals surface area contributed by atoms with Gasteiger partial charge in [-0.3, -0.25) is 0 Å². The molecule has 2 nitrogen and oxygen atoms in total. The van der Waals surface area contributed by atoms with Crippen LogP contribution >= 0.6 is 22.7 Å². The molecule has 0 unspecified atom stereocenters. The molecule has 0 bridgehead atoms. The fourth-order valence-electron chi connectivity index (χ4n) is 0.784. The van der Waals surface area contributed by atoms with Gasteiger partial charge < -0.3 is 5.11 Å². The highest BCUT2D eigenvalue weighted by Gasteiger charge is 2.02. The van der Waals surface area contributed by atoms with Crippen LogP contribution in [0.3, 0.4) is 0 Å². The van der Waals surface area contributed by atoms with Crippen LogP contribution in [0.4, 0.5) is 0 Å². The molecule has 2 aromatic rings. The van der Waals surface area contributed by atoms with Crippen molar-refractivity contribution in [2.45, 2.75) is 0 Å². The molecular weight excluding hydrogens is 178 g/mol. The summed E-state index contributed by atoms with van der Waals surface area (Å²) in [5.74, 6) is 0.108. The van der Waals surface area contributed by atoms with Gasteiger partial charge in [0, 0.05) is 10.9 Å². The number of nitrogens with zero attached hydrogens (tertiary/aromatic N) is 1. The summed E-state index contributed by atoms with van der Waals surface area (Å²) >= 11 is 3.08. The Hall–Kier alpha value is -0.870. The van der Waals surface area contributed by atoms with Gasteiger partial charge in [-0.1, -0.05) is 0 Å². The van der Waals surface area contributed by atoms with Crippen molar-refractivity contribution in [3.05, 3.63) is 22.2 Å². The molecule has 0 aliphatic heterocycles. The van der Waals surface area contributed by atoms with E-state index in [1.807, 2.05) is 16.8 Å². The zero-order valence-electron chi connectivity index (χ0n) is 5.52. The van der Waals surface area contributed by atoms with Crippen LogP contribution in [0, 0.1) is 0 Å². The topological polar surface area (TPSA) is 33.1 Å². The summed E-state index contributed by atoms with van der Waals surface area (Å²) in [6.45, 7) is 0. The van der Waals surface area contributed by atoms with Crippen LogP contribution in [0.2, 0.25) is 0 Å². The molecule has 0 atom stereocenters. The molecule has 11 heavy (non-hydrogen) atoms. The molecule has 4 heteroatoms. The van der Waals surface area contributed by atoms with Gasteiger partial charge in [0.05, 0.1) is 5.38 Å². The van der Waals surface area contributed by atoms with E-state index in [9.17, 15) is 0 Å². The highest BCUT2D eigenvalue weighted by atomic mass is 32.1. The van der Waals surface area contributed by atoms with Crippen LogP contribution < -0.4 is 0 Å². The quantitative estimate of drug-likeness (QED) is 0.737. The van der Waals surface area contributed by atoms with Gasteiger partial charge in [-0.15, -0.1) is 11.3 Å². The largest absolute Gasteiger partial charge is 0.493 e. The maximum Gasteiger partial charge on any atom is 0.222 e. The molecule has 0 saturated carbocycles. The molecule has 0 aliphatic carbocycles. The summed E-state index contributed by atoms with van der Waals surface area (Å²) < 4.78 is 0. The van der Waals surface area contributed by atoms with Crippen molar-refractivity contribution < 1.29 is 5.11 Å². The molecule has 0 fully saturated rings. The third-order valence-electron chi connectivity index (χ3n) is 1.26. The minimum absolute atomic E-state index is 0.108. The van der Waals surface area contributed by atoms with Crippen molar-refractivity contribution in [3.63, 3.8) is 0 Å². The molecule has 2 heterocycles. The molecule has 2 aromatic heterocycles. The van der Waals surface area contributed by atoms with Gasteiger partial charge in [0.2, 0.25) is 5.88 Å². The molecule has 56 valence electrons. The second-order valence-electron chi connectivity index (χ2n) is 2.02. The van der Waals surface area contributed by atoms with E-state index < -0.39 is 0 Å². The number of thiazole rings is 1. The van der Waals surface area contributed by atoms with Crippen molar-refractivity contribution in [1.29, 1.82) is 0 Å². The Balaban J connectivity index is 2.45. The van der Waals surface area contributed by atoms with E-state index in [4.69, 9.17) is 5.11 Å². The molecule has 0 aromatic carbocycles. The number of aromatic hydroxyl groups is 1. The van der Waals surface area contributed by atoms with Gasteiger partial charge >= 0.3 is 0 Å². The van der Waals surface area contributed by atoms with Crippen LogP contribution in [0.15, 0.2) is 22.2 Å². The van der Waals surface area contributed by atoms with E-state index >= 15 is 0 Å². The third-order valence-corrected chi connectivity index (χ3v) is 2.82. The second kappa shape index (κ2) is 2.64. The van der Waals surface area contributed by atoms with E-state index in [1.54, 1.807) is 16.7 Å². The lowest BCUT2D eigenvalue weighted by Crippen LogP contribution is -1.67. The normalized spacial score (nSPS) is 10.2.